The van der Waals surface area contributed by atoms with Gasteiger partial charge in [0.1, 0.15) is 5.69 Å². The van der Waals surface area contributed by atoms with Crippen molar-refractivity contribution in [1.29, 1.82) is 0 Å². The van der Waals surface area contributed by atoms with E-state index in [4.69, 9.17) is 10.3 Å². The van der Waals surface area contributed by atoms with E-state index in [-0.39, 0.29) is 5.88 Å². The van der Waals surface area contributed by atoms with E-state index >= 15 is 0 Å². The lowest BCUT2D eigenvalue weighted by molar-refractivity contribution is 0.439. The minimum absolute atomic E-state index is 0.267. The van der Waals surface area contributed by atoms with E-state index in [2.05, 4.69) is 15.1 Å². The van der Waals surface area contributed by atoms with Gasteiger partial charge >= 0.3 is 0 Å². The molecule has 3 heterocycles. The van der Waals surface area contributed by atoms with E-state index in [1.165, 1.54) is 0 Å². The molecule has 0 unspecified atom stereocenters. The Hall–Kier alpha value is -2.69. The third-order valence-corrected chi connectivity index (χ3v) is 2.81. The van der Waals surface area contributed by atoms with E-state index < -0.39 is 0 Å². The highest BCUT2D eigenvalue weighted by atomic mass is 16.5. The van der Waals surface area contributed by atoms with Crippen LogP contribution < -0.4 is 5.73 Å². The highest BCUT2D eigenvalue weighted by Crippen LogP contribution is 2.34. The zero-order valence-electron chi connectivity index (χ0n) is 10.4. The number of pyridine rings is 2. The number of aryl methyl sites for hydroxylation is 1. The van der Waals surface area contributed by atoms with Crippen LogP contribution in [0.5, 0.6) is 0 Å². The molecule has 3 aromatic rings. The van der Waals surface area contributed by atoms with Crippen LogP contribution in [0.15, 0.2) is 47.2 Å². The average Bonchev–Trinajstić information content (AvgIpc) is 2.82. The van der Waals surface area contributed by atoms with Crippen LogP contribution in [0.3, 0.4) is 0 Å². The lowest BCUT2D eigenvalue weighted by Gasteiger charge is -2.02. The minimum Gasteiger partial charge on any atom is -0.367 e. The van der Waals surface area contributed by atoms with Gasteiger partial charge in [-0.2, -0.15) is 0 Å². The number of hydrogen-bond acceptors (Lipinski definition) is 5. The fourth-order valence-electron chi connectivity index (χ4n) is 1.95. The lowest BCUT2D eigenvalue weighted by atomic mass is 10.1. The molecule has 5 nitrogen and oxygen atoms in total. The molecule has 0 aliphatic heterocycles. The quantitative estimate of drug-likeness (QED) is 0.758. The summed E-state index contributed by atoms with van der Waals surface area (Å²) in [6.07, 6.45) is 3.45. The van der Waals surface area contributed by atoms with Crippen LogP contribution in [-0.4, -0.2) is 15.1 Å². The van der Waals surface area contributed by atoms with Gasteiger partial charge in [-0.05, 0) is 31.2 Å². The normalized spacial score (nSPS) is 10.6. The Morgan fingerprint density at radius 3 is 2.74 bits per heavy atom. The summed E-state index contributed by atoms with van der Waals surface area (Å²) in [5, 5.41) is 4.04. The number of nitrogens with zero attached hydrogens (tertiary/aromatic N) is 3. The van der Waals surface area contributed by atoms with E-state index in [0.717, 1.165) is 17.0 Å². The summed E-state index contributed by atoms with van der Waals surface area (Å²) in [5.41, 5.74) is 9.82. The Kier molecular flexibility index (Phi) is 2.72. The van der Waals surface area contributed by atoms with Gasteiger partial charge in [-0.25, -0.2) is 0 Å². The molecule has 3 rings (SSSR count). The summed E-state index contributed by atoms with van der Waals surface area (Å²) >= 11 is 0. The second-order valence-corrected chi connectivity index (χ2v) is 4.17. The van der Waals surface area contributed by atoms with Gasteiger partial charge in [0.15, 0.2) is 0 Å². The SMILES string of the molecule is Cc1cc(-c2noc(N)c2-c2ccccn2)ccn1. The van der Waals surface area contributed by atoms with Crippen LogP contribution in [-0.2, 0) is 0 Å². The lowest BCUT2D eigenvalue weighted by Crippen LogP contribution is -1.90. The average molecular weight is 252 g/mol. The first-order chi connectivity index (χ1) is 9.25. The number of anilines is 1. The van der Waals surface area contributed by atoms with Gasteiger partial charge in [0.2, 0.25) is 5.88 Å². The minimum atomic E-state index is 0.267. The Labute approximate surface area is 110 Å². The monoisotopic (exact) mass is 252 g/mol. The standard InChI is InChI=1S/C14H12N4O/c1-9-8-10(5-7-16-9)13-12(14(15)19-18-13)11-4-2-3-6-17-11/h2-8H,15H2,1H3. The summed E-state index contributed by atoms with van der Waals surface area (Å²) in [7, 11) is 0. The van der Waals surface area contributed by atoms with Crippen LogP contribution in [0.25, 0.3) is 22.5 Å². The van der Waals surface area contributed by atoms with Gasteiger partial charge in [0.05, 0.1) is 11.3 Å². The zero-order chi connectivity index (χ0) is 13.2. The predicted molar refractivity (Wildman–Crippen MR) is 72.1 cm³/mol. The largest absolute Gasteiger partial charge is 0.367 e. The van der Waals surface area contributed by atoms with Crippen LogP contribution in [0.1, 0.15) is 5.69 Å². The molecular weight excluding hydrogens is 240 g/mol. The maximum Gasteiger partial charge on any atom is 0.232 e. The summed E-state index contributed by atoms with van der Waals surface area (Å²) in [5.74, 6) is 0.267. The molecule has 2 N–H and O–H groups in total. The molecule has 3 aromatic heterocycles. The second kappa shape index (κ2) is 4.53. The van der Waals surface area contributed by atoms with Crippen LogP contribution in [0.2, 0.25) is 0 Å². The van der Waals surface area contributed by atoms with Crippen molar-refractivity contribution < 1.29 is 4.52 Å². The van der Waals surface area contributed by atoms with Crippen molar-refractivity contribution in [1.82, 2.24) is 15.1 Å². The summed E-state index contributed by atoms with van der Waals surface area (Å²) in [6.45, 7) is 1.92. The number of aromatic nitrogens is 3. The molecule has 94 valence electrons. The molecule has 5 heteroatoms. The van der Waals surface area contributed by atoms with E-state index in [1.54, 1.807) is 12.4 Å². The van der Waals surface area contributed by atoms with Crippen LogP contribution >= 0.6 is 0 Å². The first kappa shape index (κ1) is 11.4. The molecule has 19 heavy (non-hydrogen) atoms. The number of nitrogen functional groups attached to an aromatic ring is 1. The van der Waals surface area contributed by atoms with Gasteiger partial charge in [-0.15, -0.1) is 0 Å². The maximum absolute atomic E-state index is 5.86. The zero-order valence-corrected chi connectivity index (χ0v) is 10.4. The molecule has 0 radical (unpaired) electrons. The van der Waals surface area contributed by atoms with Gasteiger partial charge in [0, 0.05) is 23.7 Å². The number of nitrogens with two attached hydrogens (primary N) is 1. The van der Waals surface area contributed by atoms with Crippen LogP contribution in [0.4, 0.5) is 5.88 Å². The van der Waals surface area contributed by atoms with Gasteiger partial charge in [-0.1, -0.05) is 11.2 Å². The molecule has 0 aromatic carbocycles. The van der Waals surface area contributed by atoms with E-state index in [0.29, 0.717) is 11.3 Å². The first-order valence-corrected chi connectivity index (χ1v) is 5.85. The molecule has 0 fully saturated rings. The Bertz CT molecular complexity index is 706. The van der Waals surface area contributed by atoms with Crippen molar-refractivity contribution in [2.45, 2.75) is 6.92 Å². The molecule has 0 atom stereocenters. The fourth-order valence-corrected chi connectivity index (χ4v) is 1.95. The highest BCUT2D eigenvalue weighted by Gasteiger charge is 2.18. The predicted octanol–water partition coefficient (Wildman–Crippen LogP) is 2.69. The second-order valence-electron chi connectivity index (χ2n) is 4.17. The van der Waals surface area contributed by atoms with Crippen LogP contribution in [0, 0.1) is 6.92 Å². The Balaban J connectivity index is 2.19. The van der Waals surface area contributed by atoms with Crippen molar-refractivity contribution in [2.24, 2.45) is 0 Å². The first-order valence-electron chi connectivity index (χ1n) is 5.85. The topological polar surface area (TPSA) is 77.8 Å². The van der Waals surface area contributed by atoms with Crippen molar-refractivity contribution >= 4 is 5.88 Å². The van der Waals surface area contributed by atoms with Gasteiger partial charge in [-0.3, -0.25) is 9.97 Å². The van der Waals surface area contributed by atoms with Crippen molar-refractivity contribution in [3.63, 3.8) is 0 Å². The van der Waals surface area contributed by atoms with Gasteiger partial charge in [0.25, 0.3) is 0 Å². The Morgan fingerprint density at radius 1 is 1.11 bits per heavy atom. The van der Waals surface area contributed by atoms with E-state index in [1.807, 2.05) is 37.3 Å². The summed E-state index contributed by atoms with van der Waals surface area (Å²) in [6, 6.07) is 9.43. The smallest absolute Gasteiger partial charge is 0.232 e. The van der Waals surface area contributed by atoms with Crippen molar-refractivity contribution in [2.75, 3.05) is 5.73 Å². The summed E-state index contributed by atoms with van der Waals surface area (Å²) in [4.78, 5) is 8.46. The van der Waals surface area contributed by atoms with E-state index in [9.17, 15) is 0 Å². The Morgan fingerprint density at radius 2 is 2.00 bits per heavy atom. The highest BCUT2D eigenvalue weighted by molar-refractivity contribution is 5.85. The molecule has 0 saturated heterocycles. The van der Waals surface area contributed by atoms with Crippen molar-refractivity contribution in [3.8, 4) is 22.5 Å². The van der Waals surface area contributed by atoms with Crippen molar-refractivity contribution in [3.05, 3.63) is 48.4 Å². The number of hydrogen-bond donors (Lipinski definition) is 1. The molecular formula is C14H12N4O. The molecule has 0 aliphatic rings. The molecule has 0 amide bonds. The molecule has 0 bridgehead atoms. The third-order valence-electron chi connectivity index (χ3n) is 2.81. The van der Waals surface area contributed by atoms with Gasteiger partial charge < -0.3 is 10.3 Å². The molecule has 0 spiro atoms. The maximum atomic E-state index is 5.86. The molecule has 0 saturated carbocycles. The molecule has 0 aliphatic carbocycles. The summed E-state index contributed by atoms with van der Waals surface area (Å²) < 4.78 is 5.11. The number of rotatable bonds is 2. The fraction of sp³-hybridized carbons (Fsp3) is 0.0714. The third kappa shape index (κ3) is 2.06.